The number of benzene rings is 2. The largest absolute Gasteiger partial charge is 0.370 e. The lowest BCUT2D eigenvalue weighted by Gasteiger charge is -2.33. The highest BCUT2D eigenvalue weighted by molar-refractivity contribution is 6.42. The summed E-state index contributed by atoms with van der Waals surface area (Å²) in [5, 5.41) is 10.1. The van der Waals surface area contributed by atoms with Crippen LogP contribution in [0.3, 0.4) is 0 Å². The average Bonchev–Trinajstić information content (AvgIpc) is 2.63. The standard InChI is InChI=1S/C18H14Cl2N2O2/c19-15-6-5-12(9-16(15)20)17-11-22(7-8-24-17)18(23)14-4-2-1-3-13(14)10-21/h1-6,9,17H,7-8,11H2/t17-/m1/s1. The lowest BCUT2D eigenvalue weighted by molar-refractivity contribution is -0.0228. The first kappa shape index (κ1) is 16.8. The Labute approximate surface area is 150 Å². The Hall–Kier alpha value is -2.06. The van der Waals surface area contributed by atoms with E-state index in [1.807, 2.05) is 6.07 Å². The van der Waals surface area contributed by atoms with Crippen molar-refractivity contribution in [2.45, 2.75) is 6.10 Å². The van der Waals surface area contributed by atoms with E-state index in [1.165, 1.54) is 0 Å². The van der Waals surface area contributed by atoms with Gasteiger partial charge >= 0.3 is 0 Å². The zero-order valence-electron chi connectivity index (χ0n) is 12.7. The predicted molar refractivity (Wildman–Crippen MR) is 92.2 cm³/mol. The molecule has 1 saturated heterocycles. The summed E-state index contributed by atoms with van der Waals surface area (Å²) in [6, 6.07) is 14.2. The summed E-state index contributed by atoms with van der Waals surface area (Å²) >= 11 is 12.0. The third-order valence-electron chi connectivity index (χ3n) is 3.95. The predicted octanol–water partition coefficient (Wildman–Crippen LogP) is 4.08. The Kier molecular flexibility index (Phi) is 5.06. The number of hydrogen-bond donors (Lipinski definition) is 0. The van der Waals surface area contributed by atoms with Gasteiger partial charge in [0.25, 0.3) is 5.91 Å². The quantitative estimate of drug-likeness (QED) is 0.810. The van der Waals surface area contributed by atoms with Crippen LogP contribution in [0, 0.1) is 11.3 Å². The third-order valence-corrected chi connectivity index (χ3v) is 4.69. The summed E-state index contributed by atoms with van der Waals surface area (Å²) in [5.41, 5.74) is 1.66. The molecule has 6 heteroatoms. The molecule has 0 aliphatic carbocycles. The second-order valence-corrected chi connectivity index (χ2v) is 6.26. The SMILES string of the molecule is N#Cc1ccccc1C(=O)N1CCO[C@@H](c2ccc(Cl)c(Cl)c2)C1. The van der Waals surface area contributed by atoms with Crippen LogP contribution in [-0.4, -0.2) is 30.5 Å². The smallest absolute Gasteiger partial charge is 0.255 e. The molecule has 0 saturated carbocycles. The Balaban J connectivity index is 1.81. The number of rotatable bonds is 2. The number of hydrogen-bond acceptors (Lipinski definition) is 3. The maximum absolute atomic E-state index is 12.7. The van der Waals surface area contributed by atoms with Gasteiger partial charge in [-0.2, -0.15) is 5.26 Å². The molecule has 0 spiro atoms. The minimum Gasteiger partial charge on any atom is -0.370 e. The van der Waals surface area contributed by atoms with Crippen LogP contribution in [0.15, 0.2) is 42.5 Å². The van der Waals surface area contributed by atoms with E-state index in [-0.39, 0.29) is 12.0 Å². The van der Waals surface area contributed by atoms with Gasteiger partial charge in [0.1, 0.15) is 6.10 Å². The van der Waals surface area contributed by atoms with Crippen molar-refractivity contribution in [2.75, 3.05) is 19.7 Å². The van der Waals surface area contributed by atoms with Crippen LogP contribution in [0.4, 0.5) is 0 Å². The van der Waals surface area contributed by atoms with Gasteiger partial charge in [0.15, 0.2) is 0 Å². The monoisotopic (exact) mass is 360 g/mol. The Morgan fingerprint density at radius 1 is 1.21 bits per heavy atom. The summed E-state index contributed by atoms with van der Waals surface area (Å²) in [6.07, 6.45) is -0.272. The van der Waals surface area contributed by atoms with Gasteiger partial charge in [-0.1, -0.05) is 41.4 Å². The lowest BCUT2D eigenvalue weighted by atomic mass is 10.0. The Bertz CT molecular complexity index is 817. The number of ether oxygens (including phenoxy) is 1. The van der Waals surface area contributed by atoms with Gasteiger partial charge in [-0.25, -0.2) is 0 Å². The highest BCUT2D eigenvalue weighted by atomic mass is 35.5. The topological polar surface area (TPSA) is 53.3 Å². The molecule has 1 fully saturated rings. The molecule has 122 valence electrons. The van der Waals surface area contributed by atoms with Crippen LogP contribution in [0.2, 0.25) is 10.0 Å². The van der Waals surface area contributed by atoms with Gasteiger partial charge in [-0.15, -0.1) is 0 Å². The molecule has 0 aromatic heterocycles. The van der Waals surface area contributed by atoms with E-state index < -0.39 is 0 Å². The number of amides is 1. The van der Waals surface area contributed by atoms with Gasteiger partial charge in [-0.05, 0) is 29.8 Å². The molecule has 24 heavy (non-hydrogen) atoms. The molecular weight excluding hydrogens is 347 g/mol. The zero-order valence-corrected chi connectivity index (χ0v) is 14.2. The normalized spacial score (nSPS) is 17.4. The van der Waals surface area contributed by atoms with E-state index in [1.54, 1.807) is 41.3 Å². The minimum absolute atomic E-state index is 0.166. The number of carbonyl (C=O) groups excluding carboxylic acids is 1. The van der Waals surface area contributed by atoms with Crippen molar-refractivity contribution in [3.8, 4) is 6.07 Å². The molecule has 0 N–H and O–H groups in total. The van der Waals surface area contributed by atoms with Crippen molar-refractivity contribution in [2.24, 2.45) is 0 Å². The van der Waals surface area contributed by atoms with Crippen molar-refractivity contribution in [3.05, 3.63) is 69.2 Å². The van der Waals surface area contributed by atoms with E-state index >= 15 is 0 Å². The molecule has 1 aliphatic heterocycles. The summed E-state index contributed by atoms with van der Waals surface area (Å²) in [7, 11) is 0. The van der Waals surface area contributed by atoms with Crippen LogP contribution in [0.5, 0.6) is 0 Å². The van der Waals surface area contributed by atoms with Crippen LogP contribution in [0.25, 0.3) is 0 Å². The summed E-state index contributed by atoms with van der Waals surface area (Å²) in [6.45, 7) is 1.30. The van der Waals surface area contributed by atoms with Crippen LogP contribution < -0.4 is 0 Å². The van der Waals surface area contributed by atoms with Crippen molar-refractivity contribution >= 4 is 29.1 Å². The molecular formula is C18H14Cl2N2O2. The maximum Gasteiger partial charge on any atom is 0.255 e. The molecule has 0 bridgehead atoms. The molecule has 1 amide bonds. The summed E-state index contributed by atoms with van der Waals surface area (Å²) in [4.78, 5) is 14.5. The highest BCUT2D eigenvalue weighted by Gasteiger charge is 2.27. The fourth-order valence-electron chi connectivity index (χ4n) is 2.69. The van der Waals surface area contributed by atoms with E-state index in [9.17, 15) is 10.1 Å². The van der Waals surface area contributed by atoms with Gasteiger partial charge < -0.3 is 9.64 Å². The first-order valence-electron chi connectivity index (χ1n) is 7.45. The van der Waals surface area contributed by atoms with Crippen LogP contribution in [0.1, 0.15) is 27.6 Å². The van der Waals surface area contributed by atoms with Crippen molar-refractivity contribution in [3.63, 3.8) is 0 Å². The fourth-order valence-corrected chi connectivity index (χ4v) is 2.99. The second kappa shape index (κ2) is 7.23. The van der Waals surface area contributed by atoms with E-state index in [2.05, 4.69) is 6.07 Å². The summed E-state index contributed by atoms with van der Waals surface area (Å²) in [5.74, 6) is -0.166. The Morgan fingerprint density at radius 3 is 2.75 bits per heavy atom. The van der Waals surface area contributed by atoms with Crippen LogP contribution >= 0.6 is 23.2 Å². The maximum atomic E-state index is 12.7. The molecule has 3 rings (SSSR count). The van der Waals surface area contributed by atoms with Crippen molar-refractivity contribution in [1.82, 2.24) is 4.90 Å². The van der Waals surface area contributed by atoms with E-state index in [4.69, 9.17) is 27.9 Å². The molecule has 0 radical (unpaired) electrons. The minimum atomic E-state index is -0.272. The first-order valence-corrected chi connectivity index (χ1v) is 8.20. The fraction of sp³-hybridized carbons (Fsp3) is 0.222. The van der Waals surface area contributed by atoms with Crippen molar-refractivity contribution < 1.29 is 9.53 Å². The Morgan fingerprint density at radius 2 is 2.00 bits per heavy atom. The van der Waals surface area contributed by atoms with Crippen LogP contribution in [-0.2, 0) is 4.74 Å². The molecule has 0 unspecified atom stereocenters. The zero-order chi connectivity index (χ0) is 17.1. The number of carbonyl (C=O) groups is 1. The van der Waals surface area contributed by atoms with Gasteiger partial charge in [0, 0.05) is 6.54 Å². The molecule has 2 aromatic carbocycles. The first-order chi connectivity index (χ1) is 11.6. The molecule has 1 heterocycles. The molecule has 2 aromatic rings. The molecule has 4 nitrogen and oxygen atoms in total. The molecule has 1 aliphatic rings. The summed E-state index contributed by atoms with van der Waals surface area (Å²) < 4.78 is 5.77. The molecule has 1 atom stereocenters. The van der Waals surface area contributed by atoms with Gasteiger partial charge in [0.05, 0.1) is 40.4 Å². The third kappa shape index (κ3) is 3.39. The van der Waals surface area contributed by atoms with Crippen molar-refractivity contribution in [1.29, 1.82) is 5.26 Å². The van der Waals surface area contributed by atoms with E-state index in [0.717, 1.165) is 5.56 Å². The average molecular weight is 361 g/mol. The second-order valence-electron chi connectivity index (χ2n) is 5.44. The number of halogens is 2. The lowest BCUT2D eigenvalue weighted by Crippen LogP contribution is -2.42. The van der Waals surface area contributed by atoms with Gasteiger partial charge in [-0.3, -0.25) is 4.79 Å². The number of morpholine rings is 1. The highest BCUT2D eigenvalue weighted by Crippen LogP contribution is 2.29. The van der Waals surface area contributed by atoms with E-state index in [0.29, 0.717) is 40.9 Å². The van der Waals surface area contributed by atoms with Gasteiger partial charge in [0.2, 0.25) is 0 Å². The number of nitrogens with zero attached hydrogens (tertiary/aromatic N) is 2. The number of nitriles is 1.